The van der Waals surface area contributed by atoms with E-state index in [4.69, 9.17) is 0 Å². The molecule has 0 radical (unpaired) electrons. The quantitative estimate of drug-likeness (QED) is 0.636. The smallest absolute Gasteiger partial charge is 0.331 e. The number of imide groups is 2. The number of carbonyl (C=O) groups excluding carboxylic acids is 3. The molecule has 0 bridgehead atoms. The van der Waals surface area contributed by atoms with Gasteiger partial charge in [-0.25, -0.2) is 9.18 Å². The molecule has 1 aromatic carbocycles. The average Bonchev–Trinajstić information content (AvgIpc) is 3.17. The monoisotopic (exact) mass is 399 g/mol. The van der Waals surface area contributed by atoms with Crippen molar-refractivity contribution in [1.29, 1.82) is 0 Å². The molecule has 8 heteroatoms. The molecular formula is C20H18FN3O3S. The second kappa shape index (κ2) is 7.20. The minimum atomic E-state index is -0.727. The maximum absolute atomic E-state index is 13.6. The van der Waals surface area contributed by atoms with Crippen LogP contribution in [0.3, 0.4) is 0 Å². The van der Waals surface area contributed by atoms with Gasteiger partial charge in [-0.1, -0.05) is 6.07 Å². The van der Waals surface area contributed by atoms with Crippen LogP contribution in [0.15, 0.2) is 47.5 Å². The lowest BCUT2D eigenvalue weighted by Gasteiger charge is -2.35. The van der Waals surface area contributed by atoms with Crippen molar-refractivity contribution in [3.8, 4) is 0 Å². The Labute approximate surface area is 165 Å². The Hall–Kier alpha value is -3.00. The van der Waals surface area contributed by atoms with Crippen LogP contribution in [0.2, 0.25) is 0 Å². The highest BCUT2D eigenvalue weighted by Gasteiger charge is 2.37. The van der Waals surface area contributed by atoms with Crippen molar-refractivity contribution < 1.29 is 18.8 Å². The molecule has 1 aromatic heterocycles. The molecule has 2 aliphatic rings. The zero-order chi connectivity index (χ0) is 19.8. The molecule has 0 saturated carbocycles. The third kappa shape index (κ3) is 3.31. The summed E-state index contributed by atoms with van der Waals surface area (Å²) in [6.45, 7) is 2.08. The number of fused-ring (bicyclic) bond motifs is 1. The van der Waals surface area contributed by atoms with E-state index in [1.807, 2.05) is 29.3 Å². The first-order chi connectivity index (χ1) is 13.4. The zero-order valence-electron chi connectivity index (χ0n) is 15.1. The van der Waals surface area contributed by atoms with Gasteiger partial charge in [0.15, 0.2) is 0 Å². The van der Waals surface area contributed by atoms with Gasteiger partial charge in [0.2, 0.25) is 0 Å². The van der Waals surface area contributed by atoms with Crippen molar-refractivity contribution in [3.63, 3.8) is 0 Å². The number of thiophene rings is 1. The standard InChI is InChI=1S/C20H18FN3O3S/c1-12-4-5-13-9-14(21)6-7-17(13)23(12)11-16-18(25)22-20(27)24(19(16)26)10-15-3-2-8-28-15/h2-3,6-9,11-12H,4-5,10H2,1H3,(H,22,25,27)/b16-11+/t12-/m1/s1. The SMILES string of the molecule is C[C@@H]1CCc2cc(F)ccc2N1/C=C1\C(=O)NC(=O)N(Cc2cccs2)C1=O. The molecule has 1 fully saturated rings. The van der Waals surface area contributed by atoms with Crippen LogP contribution in [0.25, 0.3) is 0 Å². The van der Waals surface area contributed by atoms with Crippen molar-refractivity contribution in [1.82, 2.24) is 10.2 Å². The lowest BCUT2D eigenvalue weighted by atomic mass is 9.96. The maximum atomic E-state index is 13.6. The predicted octanol–water partition coefficient (Wildman–Crippen LogP) is 3.19. The van der Waals surface area contributed by atoms with Crippen LogP contribution < -0.4 is 10.2 Å². The number of anilines is 1. The van der Waals surface area contributed by atoms with Crippen LogP contribution in [0.4, 0.5) is 14.9 Å². The number of hydrogen-bond acceptors (Lipinski definition) is 5. The summed E-state index contributed by atoms with van der Waals surface area (Å²) >= 11 is 1.43. The number of benzene rings is 1. The Morgan fingerprint density at radius 3 is 2.86 bits per heavy atom. The van der Waals surface area contributed by atoms with E-state index in [0.717, 1.165) is 33.9 Å². The summed E-state index contributed by atoms with van der Waals surface area (Å²) < 4.78 is 13.6. The number of barbiturate groups is 1. The highest BCUT2D eigenvalue weighted by molar-refractivity contribution is 7.09. The summed E-state index contributed by atoms with van der Waals surface area (Å²) in [5, 5.41) is 4.09. The molecule has 2 aromatic rings. The minimum absolute atomic E-state index is 0.0226. The Morgan fingerprint density at radius 1 is 1.29 bits per heavy atom. The van der Waals surface area contributed by atoms with Crippen molar-refractivity contribution in [2.75, 3.05) is 4.90 Å². The number of amides is 4. The summed E-state index contributed by atoms with van der Waals surface area (Å²) in [7, 11) is 0. The van der Waals surface area contributed by atoms with Gasteiger partial charge in [-0.15, -0.1) is 11.3 Å². The van der Waals surface area contributed by atoms with Gasteiger partial charge in [0.25, 0.3) is 11.8 Å². The fourth-order valence-electron chi connectivity index (χ4n) is 3.47. The van der Waals surface area contributed by atoms with E-state index in [9.17, 15) is 18.8 Å². The molecular weight excluding hydrogens is 381 g/mol. The number of carbonyl (C=O) groups is 3. The Morgan fingerprint density at radius 2 is 2.11 bits per heavy atom. The fraction of sp³-hybridized carbons (Fsp3) is 0.250. The molecule has 144 valence electrons. The maximum Gasteiger partial charge on any atom is 0.331 e. The largest absolute Gasteiger partial charge is 0.344 e. The van der Waals surface area contributed by atoms with Gasteiger partial charge in [0, 0.05) is 22.8 Å². The van der Waals surface area contributed by atoms with Crippen molar-refractivity contribution in [2.24, 2.45) is 0 Å². The molecule has 0 unspecified atom stereocenters. The third-order valence-electron chi connectivity index (χ3n) is 4.97. The Bertz CT molecular complexity index is 987. The number of urea groups is 1. The third-order valence-corrected chi connectivity index (χ3v) is 5.84. The van der Waals surface area contributed by atoms with Crippen LogP contribution in [0.1, 0.15) is 23.8 Å². The van der Waals surface area contributed by atoms with Crippen LogP contribution in [-0.4, -0.2) is 28.8 Å². The summed E-state index contributed by atoms with van der Waals surface area (Å²) in [5.74, 6) is -1.68. The number of halogens is 1. The van der Waals surface area contributed by atoms with Crippen LogP contribution in [0, 0.1) is 5.82 Å². The van der Waals surface area contributed by atoms with Gasteiger partial charge in [0.1, 0.15) is 11.4 Å². The van der Waals surface area contributed by atoms with E-state index in [0.29, 0.717) is 0 Å². The molecule has 1 atom stereocenters. The normalized spacial score (nSPS) is 21.1. The van der Waals surface area contributed by atoms with Gasteiger partial charge in [-0.2, -0.15) is 0 Å². The number of rotatable bonds is 3. The van der Waals surface area contributed by atoms with E-state index in [1.165, 1.54) is 29.7 Å². The summed E-state index contributed by atoms with van der Waals surface area (Å²) in [6, 6.07) is 7.43. The lowest BCUT2D eigenvalue weighted by Crippen LogP contribution is -2.54. The van der Waals surface area contributed by atoms with Gasteiger partial charge >= 0.3 is 6.03 Å². The van der Waals surface area contributed by atoms with Gasteiger partial charge in [-0.05, 0) is 55.0 Å². The van der Waals surface area contributed by atoms with E-state index in [1.54, 1.807) is 6.07 Å². The van der Waals surface area contributed by atoms with E-state index < -0.39 is 17.8 Å². The minimum Gasteiger partial charge on any atom is -0.344 e. The lowest BCUT2D eigenvalue weighted by molar-refractivity contribution is -0.130. The van der Waals surface area contributed by atoms with Gasteiger partial charge in [0.05, 0.1) is 6.54 Å². The topological polar surface area (TPSA) is 69.7 Å². The molecule has 2 aliphatic heterocycles. The fourth-order valence-corrected chi connectivity index (χ4v) is 4.16. The molecule has 0 aliphatic carbocycles. The molecule has 0 spiro atoms. The van der Waals surface area contributed by atoms with E-state index in [2.05, 4.69) is 5.32 Å². The first kappa shape index (κ1) is 18.4. The summed E-state index contributed by atoms with van der Waals surface area (Å²) in [5.41, 5.74) is 1.47. The predicted molar refractivity (Wildman–Crippen MR) is 103 cm³/mol. The molecule has 28 heavy (non-hydrogen) atoms. The van der Waals surface area contributed by atoms with Gasteiger partial charge < -0.3 is 4.90 Å². The van der Waals surface area contributed by atoms with Crippen LogP contribution in [0.5, 0.6) is 0 Å². The van der Waals surface area contributed by atoms with Crippen molar-refractivity contribution >= 4 is 34.9 Å². The molecule has 6 nitrogen and oxygen atoms in total. The highest BCUT2D eigenvalue weighted by Crippen LogP contribution is 2.32. The molecule has 1 saturated heterocycles. The van der Waals surface area contributed by atoms with Crippen molar-refractivity contribution in [3.05, 3.63) is 63.7 Å². The highest BCUT2D eigenvalue weighted by atomic mass is 32.1. The zero-order valence-corrected chi connectivity index (χ0v) is 16.0. The van der Waals surface area contributed by atoms with Crippen molar-refractivity contribution in [2.45, 2.75) is 32.4 Å². The molecule has 4 rings (SSSR count). The number of nitrogens with one attached hydrogen (secondary N) is 1. The summed E-state index contributed by atoms with van der Waals surface area (Å²) in [4.78, 5) is 41.1. The molecule has 1 N–H and O–H groups in total. The number of nitrogens with zero attached hydrogens (tertiary/aromatic N) is 2. The van der Waals surface area contributed by atoms with E-state index >= 15 is 0 Å². The first-order valence-corrected chi connectivity index (χ1v) is 9.80. The first-order valence-electron chi connectivity index (χ1n) is 8.92. The second-order valence-electron chi connectivity index (χ2n) is 6.84. The number of aryl methyl sites for hydroxylation is 1. The average molecular weight is 399 g/mol. The Kier molecular flexibility index (Phi) is 4.72. The second-order valence-corrected chi connectivity index (χ2v) is 7.87. The number of hydrogen-bond donors (Lipinski definition) is 1. The van der Waals surface area contributed by atoms with Gasteiger partial charge in [-0.3, -0.25) is 19.8 Å². The Balaban J connectivity index is 1.69. The van der Waals surface area contributed by atoms with Crippen LogP contribution >= 0.6 is 11.3 Å². The molecule has 4 amide bonds. The van der Waals surface area contributed by atoms with Crippen LogP contribution in [-0.2, 0) is 22.6 Å². The molecule has 3 heterocycles. The summed E-state index contributed by atoms with van der Waals surface area (Å²) in [6.07, 6.45) is 2.96. The van der Waals surface area contributed by atoms with E-state index in [-0.39, 0.29) is 24.0 Å².